The van der Waals surface area contributed by atoms with Crippen LogP contribution in [0, 0.1) is 0 Å². The molecule has 4 aromatic rings. The third-order valence-electron chi connectivity index (χ3n) is 5.26. The molecular weight excluding hydrogens is 398 g/mol. The maximum Gasteiger partial charge on any atom is -0.00775 e. The molecule has 166 valence electrons. The zero-order chi connectivity index (χ0) is 23.1. The Morgan fingerprint density at radius 2 is 0.697 bits per heavy atom. The second-order valence-electron chi connectivity index (χ2n) is 7.58. The number of hydrogen-bond donors (Lipinski definition) is 1. The molecule has 0 fully saturated rings. The van der Waals surface area contributed by atoms with Gasteiger partial charge in [-0.2, -0.15) is 0 Å². The molecule has 0 aliphatic heterocycles. The second-order valence-corrected chi connectivity index (χ2v) is 7.58. The first-order valence-corrected chi connectivity index (χ1v) is 11.7. The summed E-state index contributed by atoms with van der Waals surface area (Å²) in [6.45, 7) is 6.39. The van der Waals surface area contributed by atoms with Crippen LogP contribution in [0.15, 0.2) is 133 Å². The van der Waals surface area contributed by atoms with Crippen molar-refractivity contribution in [1.29, 1.82) is 0 Å². The molecule has 0 saturated carbocycles. The minimum absolute atomic E-state index is 1.09. The molecule has 0 aromatic heterocycles. The molecule has 0 radical (unpaired) electrons. The molecule has 1 heteroatoms. The number of rotatable bonds is 7. The van der Waals surface area contributed by atoms with E-state index in [0.29, 0.717) is 0 Å². The Hall–Kier alpha value is -3.68. The first-order chi connectivity index (χ1) is 16.3. The summed E-state index contributed by atoms with van der Waals surface area (Å²) in [7, 11) is 0. The Bertz CT molecular complexity index is 936. The lowest BCUT2D eigenvalue weighted by molar-refractivity contribution is 0.762. The fourth-order valence-electron chi connectivity index (χ4n) is 3.61. The van der Waals surface area contributed by atoms with Crippen LogP contribution < -0.4 is 5.32 Å². The highest BCUT2D eigenvalue weighted by Crippen LogP contribution is 2.27. The zero-order valence-corrected chi connectivity index (χ0v) is 19.6. The summed E-state index contributed by atoms with van der Waals surface area (Å²) in [6, 6.07) is 42.2. The highest BCUT2D eigenvalue weighted by molar-refractivity contribution is 5.86. The van der Waals surface area contributed by atoms with Gasteiger partial charge in [0.25, 0.3) is 0 Å². The predicted octanol–water partition coefficient (Wildman–Crippen LogP) is 7.87. The minimum atomic E-state index is 1.09. The van der Waals surface area contributed by atoms with E-state index in [1.54, 1.807) is 0 Å². The third-order valence-corrected chi connectivity index (χ3v) is 5.26. The molecule has 4 rings (SSSR count). The first kappa shape index (κ1) is 24.0. The lowest BCUT2D eigenvalue weighted by atomic mass is 9.94. The maximum absolute atomic E-state index is 3.11. The normalized spacial score (nSPS) is 9.88. The molecule has 0 aliphatic rings. The van der Waals surface area contributed by atoms with Crippen LogP contribution in [0.4, 0.5) is 0 Å². The summed E-state index contributed by atoms with van der Waals surface area (Å²) in [5, 5.41) is 3.11. The van der Waals surface area contributed by atoms with Gasteiger partial charge < -0.3 is 5.32 Å². The van der Waals surface area contributed by atoms with Gasteiger partial charge in [0.05, 0.1) is 0 Å². The van der Waals surface area contributed by atoms with E-state index in [4.69, 9.17) is 0 Å². The van der Waals surface area contributed by atoms with Gasteiger partial charge in [-0.3, -0.25) is 0 Å². The average Bonchev–Trinajstić information content (AvgIpc) is 2.90. The fraction of sp³-hybridized carbons (Fsp3) is 0.125. The van der Waals surface area contributed by atoms with E-state index < -0.39 is 0 Å². The van der Waals surface area contributed by atoms with Crippen LogP contribution in [0.5, 0.6) is 0 Å². The molecule has 4 aromatic carbocycles. The largest absolute Gasteiger partial charge is 0.317 e. The minimum Gasteiger partial charge on any atom is -0.317 e. The van der Waals surface area contributed by atoms with E-state index in [1.807, 2.05) is 0 Å². The Kier molecular flexibility index (Phi) is 9.93. The molecule has 0 unspecified atom stereocenters. The van der Waals surface area contributed by atoms with E-state index in [1.165, 1.54) is 33.4 Å². The van der Waals surface area contributed by atoms with Crippen LogP contribution >= 0.6 is 0 Å². The van der Waals surface area contributed by atoms with Crippen LogP contribution in [0.3, 0.4) is 0 Å². The smallest absolute Gasteiger partial charge is 0.00775 e. The van der Waals surface area contributed by atoms with Gasteiger partial charge in [0.15, 0.2) is 0 Å². The third kappa shape index (κ3) is 7.45. The van der Waals surface area contributed by atoms with Crippen LogP contribution in [0.25, 0.3) is 11.1 Å². The molecule has 0 spiro atoms. The average molecular weight is 432 g/mol. The van der Waals surface area contributed by atoms with Crippen LogP contribution in [0.1, 0.15) is 36.1 Å². The van der Waals surface area contributed by atoms with Crippen molar-refractivity contribution in [3.63, 3.8) is 0 Å². The van der Waals surface area contributed by atoms with Crippen LogP contribution in [-0.4, -0.2) is 13.1 Å². The Labute approximate surface area is 199 Å². The van der Waals surface area contributed by atoms with Gasteiger partial charge in [-0.15, -0.1) is 0 Å². The van der Waals surface area contributed by atoms with Crippen molar-refractivity contribution in [2.24, 2.45) is 0 Å². The van der Waals surface area contributed by atoms with E-state index in [9.17, 15) is 0 Å². The van der Waals surface area contributed by atoms with Crippen molar-refractivity contribution in [3.8, 4) is 0 Å². The van der Waals surface area contributed by atoms with Crippen molar-refractivity contribution in [1.82, 2.24) is 5.32 Å². The molecule has 0 saturated heterocycles. The molecular formula is C32H33N. The Morgan fingerprint density at radius 3 is 0.879 bits per heavy atom. The number of allylic oxidation sites excluding steroid dienone is 2. The molecule has 0 atom stereocenters. The standard InChI is InChI=1S/C28H22.C4H11N/c1-5-13-23(14-6-1)27(24-15-7-2-8-16-24)21-22-28(25-17-9-3-10-18-25)26-19-11-4-12-20-26;1-3-5-4-2/h1-22H;5H,3-4H2,1-2H3. The molecule has 0 amide bonds. The second kappa shape index (κ2) is 13.7. The highest BCUT2D eigenvalue weighted by Gasteiger charge is 2.06. The topological polar surface area (TPSA) is 12.0 Å². The van der Waals surface area contributed by atoms with E-state index in [0.717, 1.165) is 13.1 Å². The van der Waals surface area contributed by atoms with Gasteiger partial charge in [0.2, 0.25) is 0 Å². The number of hydrogen-bond acceptors (Lipinski definition) is 1. The van der Waals surface area contributed by atoms with E-state index >= 15 is 0 Å². The summed E-state index contributed by atoms with van der Waals surface area (Å²) < 4.78 is 0. The molecule has 33 heavy (non-hydrogen) atoms. The fourth-order valence-corrected chi connectivity index (χ4v) is 3.61. The van der Waals surface area contributed by atoms with Crippen molar-refractivity contribution >= 4 is 11.1 Å². The lowest BCUT2D eigenvalue weighted by Gasteiger charge is -2.10. The van der Waals surface area contributed by atoms with Gasteiger partial charge >= 0.3 is 0 Å². The number of nitrogens with one attached hydrogen (secondary N) is 1. The summed E-state index contributed by atoms with van der Waals surface area (Å²) in [6.07, 6.45) is 4.47. The van der Waals surface area contributed by atoms with Gasteiger partial charge in [-0.25, -0.2) is 0 Å². The van der Waals surface area contributed by atoms with Crippen molar-refractivity contribution in [2.75, 3.05) is 13.1 Å². The number of benzene rings is 4. The van der Waals surface area contributed by atoms with Gasteiger partial charge in [0, 0.05) is 0 Å². The first-order valence-electron chi connectivity index (χ1n) is 11.7. The van der Waals surface area contributed by atoms with E-state index in [-0.39, 0.29) is 0 Å². The monoisotopic (exact) mass is 431 g/mol. The van der Waals surface area contributed by atoms with Gasteiger partial charge in [0.1, 0.15) is 0 Å². The SMILES string of the molecule is C(C=C(c1ccccc1)c1ccccc1)=C(c1ccccc1)c1ccccc1.CCNCC. The van der Waals surface area contributed by atoms with Gasteiger partial charge in [-0.1, -0.05) is 147 Å². The summed E-state index contributed by atoms with van der Waals surface area (Å²) in [4.78, 5) is 0. The molecule has 0 heterocycles. The molecule has 1 N–H and O–H groups in total. The molecule has 0 bridgehead atoms. The summed E-state index contributed by atoms with van der Waals surface area (Å²) >= 11 is 0. The predicted molar refractivity (Wildman–Crippen MR) is 144 cm³/mol. The van der Waals surface area contributed by atoms with Crippen LogP contribution in [0.2, 0.25) is 0 Å². The van der Waals surface area contributed by atoms with Crippen molar-refractivity contribution < 1.29 is 0 Å². The lowest BCUT2D eigenvalue weighted by Crippen LogP contribution is -2.09. The quantitative estimate of drug-likeness (QED) is 0.294. The van der Waals surface area contributed by atoms with Crippen LogP contribution in [-0.2, 0) is 0 Å². The maximum atomic E-state index is 3.11. The highest BCUT2D eigenvalue weighted by atomic mass is 14.8. The summed E-state index contributed by atoms with van der Waals surface area (Å²) in [5.41, 5.74) is 7.28. The zero-order valence-electron chi connectivity index (χ0n) is 19.6. The van der Waals surface area contributed by atoms with Crippen molar-refractivity contribution in [3.05, 3.63) is 156 Å². The molecule has 0 aliphatic carbocycles. The summed E-state index contributed by atoms with van der Waals surface area (Å²) in [5.74, 6) is 0. The van der Waals surface area contributed by atoms with Crippen molar-refractivity contribution in [2.45, 2.75) is 13.8 Å². The van der Waals surface area contributed by atoms with Gasteiger partial charge in [-0.05, 0) is 46.5 Å². The Balaban J connectivity index is 0.000000555. The molecule has 1 nitrogen and oxygen atoms in total. The Morgan fingerprint density at radius 1 is 0.455 bits per heavy atom. The van der Waals surface area contributed by atoms with E-state index in [2.05, 4.69) is 153 Å².